The quantitative estimate of drug-likeness (QED) is 0.276. The lowest BCUT2D eigenvalue weighted by Gasteiger charge is -2.22. The molecule has 1 N–H and O–H groups in total. The molecule has 1 unspecified atom stereocenters. The van der Waals surface area contributed by atoms with Gasteiger partial charge in [0.05, 0.1) is 17.0 Å². The van der Waals surface area contributed by atoms with Gasteiger partial charge in [0.25, 0.3) is 0 Å². The topological polar surface area (TPSA) is 102 Å². The van der Waals surface area contributed by atoms with Gasteiger partial charge in [-0.15, -0.1) is 0 Å². The van der Waals surface area contributed by atoms with Crippen LogP contribution < -0.4 is 0 Å². The van der Waals surface area contributed by atoms with E-state index in [1.54, 1.807) is 18.3 Å². The number of nitrogens with zero attached hydrogens (tertiary/aromatic N) is 2. The van der Waals surface area contributed by atoms with E-state index < -0.39 is 34.7 Å². The van der Waals surface area contributed by atoms with Crippen molar-refractivity contribution in [1.82, 2.24) is 4.57 Å². The summed E-state index contributed by atoms with van der Waals surface area (Å²) in [6.45, 7) is -0.649. The highest BCUT2D eigenvalue weighted by Gasteiger charge is 2.40. The van der Waals surface area contributed by atoms with Crippen LogP contribution in [0.1, 0.15) is 27.4 Å². The van der Waals surface area contributed by atoms with Gasteiger partial charge in [0.15, 0.2) is 0 Å². The van der Waals surface area contributed by atoms with Crippen molar-refractivity contribution in [3.63, 3.8) is 0 Å². The molecule has 0 aliphatic heterocycles. The Balaban J connectivity index is 1.78. The first-order chi connectivity index (χ1) is 16.0. The average Bonchev–Trinajstić information content (AvgIpc) is 3.22. The molecular formula is C26H18N2O5. The molecule has 1 atom stereocenters. The number of aromatic nitrogens is 1. The molecule has 0 amide bonds. The first-order valence-corrected chi connectivity index (χ1v) is 10.4. The third-order valence-corrected chi connectivity index (χ3v) is 5.97. The first-order valence-electron chi connectivity index (χ1n) is 10.4. The van der Waals surface area contributed by atoms with Crippen LogP contribution in [0.15, 0.2) is 90.6 Å². The van der Waals surface area contributed by atoms with E-state index in [4.69, 9.17) is 0 Å². The summed E-state index contributed by atoms with van der Waals surface area (Å²) in [6.07, 6.45) is 1.74. The number of benzene rings is 3. The zero-order valence-corrected chi connectivity index (χ0v) is 17.3. The number of fused-ring (bicyclic) bond motifs is 2. The number of carbonyl (C=O) groups excluding carboxylic acids is 2. The number of carbonyl (C=O) groups is 2. The molecule has 5 rings (SSSR count). The smallest absolute Gasteiger partial charge is 0.234 e. The van der Waals surface area contributed by atoms with Crippen molar-refractivity contribution in [3.8, 4) is 5.69 Å². The van der Waals surface area contributed by atoms with Crippen molar-refractivity contribution in [2.75, 3.05) is 6.54 Å². The Kier molecular flexibility index (Phi) is 4.86. The Bertz CT molecular complexity index is 1470. The molecular weight excluding hydrogens is 420 g/mol. The Morgan fingerprint density at radius 2 is 1.48 bits per heavy atom. The number of Topliss-reactive ketones (excluding diaryl/α,β-unsaturated/α-hetero) is 2. The van der Waals surface area contributed by atoms with Gasteiger partial charge >= 0.3 is 0 Å². The molecule has 1 aliphatic rings. The molecule has 33 heavy (non-hydrogen) atoms. The van der Waals surface area contributed by atoms with E-state index in [0.29, 0.717) is 10.9 Å². The molecule has 162 valence electrons. The van der Waals surface area contributed by atoms with E-state index in [9.17, 15) is 24.8 Å². The highest BCUT2D eigenvalue weighted by atomic mass is 16.6. The Labute approximate surface area is 188 Å². The van der Waals surface area contributed by atoms with Crippen molar-refractivity contribution in [3.05, 3.63) is 117 Å². The molecule has 3 aromatic carbocycles. The minimum atomic E-state index is -1.11. The van der Waals surface area contributed by atoms with Crippen molar-refractivity contribution >= 4 is 28.2 Å². The second-order valence-corrected chi connectivity index (χ2v) is 7.84. The molecule has 0 saturated carbocycles. The van der Waals surface area contributed by atoms with Crippen LogP contribution in [0.2, 0.25) is 0 Å². The Hall–Kier alpha value is -4.52. The SMILES string of the molecule is O=C1C(=O)c2ccccc2C(O)=C1C(C[N+](=O)[O-])c1cn(-c2ccccc2)c2ccccc12. The lowest BCUT2D eigenvalue weighted by atomic mass is 9.79. The summed E-state index contributed by atoms with van der Waals surface area (Å²) in [5.74, 6) is -3.20. The molecule has 1 heterocycles. The van der Waals surface area contributed by atoms with Crippen molar-refractivity contribution < 1.29 is 19.6 Å². The van der Waals surface area contributed by atoms with Crippen LogP contribution in [0.25, 0.3) is 22.3 Å². The number of hydrogen-bond acceptors (Lipinski definition) is 5. The van der Waals surface area contributed by atoms with Gasteiger partial charge in [-0.1, -0.05) is 60.7 Å². The Morgan fingerprint density at radius 3 is 2.21 bits per heavy atom. The van der Waals surface area contributed by atoms with Crippen LogP contribution in [0.5, 0.6) is 0 Å². The number of nitro groups is 1. The maximum absolute atomic E-state index is 13.1. The van der Waals surface area contributed by atoms with E-state index >= 15 is 0 Å². The fourth-order valence-electron chi connectivity index (χ4n) is 4.49. The summed E-state index contributed by atoms with van der Waals surface area (Å²) in [5.41, 5.74) is 2.18. The van der Waals surface area contributed by atoms with Gasteiger partial charge in [0, 0.05) is 33.3 Å². The lowest BCUT2D eigenvalue weighted by Crippen LogP contribution is -2.30. The Morgan fingerprint density at radius 1 is 0.848 bits per heavy atom. The van der Waals surface area contributed by atoms with Gasteiger partial charge in [-0.25, -0.2) is 0 Å². The third-order valence-electron chi connectivity index (χ3n) is 5.97. The van der Waals surface area contributed by atoms with Gasteiger partial charge in [-0.2, -0.15) is 0 Å². The predicted molar refractivity (Wildman–Crippen MR) is 123 cm³/mol. The maximum atomic E-state index is 13.1. The maximum Gasteiger partial charge on any atom is 0.234 e. The highest BCUT2D eigenvalue weighted by Crippen LogP contribution is 2.40. The van der Waals surface area contributed by atoms with Crippen LogP contribution >= 0.6 is 0 Å². The van der Waals surface area contributed by atoms with Crippen LogP contribution in [0.4, 0.5) is 0 Å². The number of aliphatic hydroxyl groups is 1. The lowest BCUT2D eigenvalue weighted by molar-refractivity contribution is -0.481. The number of aliphatic hydroxyl groups excluding tert-OH is 1. The molecule has 1 aliphatic carbocycles. The minimum Gasteiger partial charge on any atom is -0.507 e. The molecule has 0 fully saturated rings. The number of hydrogen-bond donors (Lipinski definition) is 1. The average molecular weight is 438 g/mol. The fraction of sp³-hybridized carbons (Fsp3) is 0.0769. The van der Waals surface area contributed by atoms with E-state index in [1.165, 1.54) is 12.1 Å². The minimum absolute atomic E-state index is 0.0929. The van der Waals surface area contributed by atoms with Crippen molar-refractivity contribution in [2.24, 2.45) is 0 Å². The summed E-state index contributed by atoms with van der Waals surface area (Å²) in [4.78, 5) is 37.1. The van der Waals surface area contributed by atoms with Crippen LogP contribution in [0.3, 0.4) is 0 Å². The second kappa shape index (κ2) is 7.87. The first kappa shape index (κ1) is 20.4. The number of rotatable bonds is 5. The molecule has 0 spiro atoms. The normalized spacial score (nSPS) is 14.4. The number of ketones is 2. The van der Waals surface area contributed by atoms with E-state index in [-0.39, 0.29) is 16.7 Å². The van der Waals surface area contributed by atoms with Crippen LogP contribution in [-0.4, -0.2) is 32.7 Å². The summed E-state index contributed by atoms with van der Waals surface area (Å²) in [5, 5.41) is 23.4. The zero-order chi connectivity index (χ0) is 23.1. The van der Waals surface area contributed by atoms with E-state index in [1.807, 2.05) is 59.2 Å². The largest absolute Gasteiger partial charge is 0.507 e. The van der Waals surface area contributed by atoms with Gasteiger partial charge in [0.1, 0.15) is 5.76 Å². The molecule has 1 aromatic heterocycles. The highest BCUT2D eigenvalue weighted by molar-refractivity contribution is 6.52. The molecule has 0 saturated heterocycles. The van der Waals surface area contributed by atoms with E-state index in [2.05, 4.69) is 0 Å². The predicted octanol–water partition coefficient (Wildman–Crippen LogP) is 4.73. The number of para-hydroxylation sites is 2. The third kappa shape index (κ3) is 3.30. The summed E-state index contributed by atoms with van der Waals surface area (Å²) >= 11 is 0. The van der Waals surface area contributed by atoms with Crippen molar-refractivity contribution in [1.29, 1.82) is 0 Å². The monoisotopic (exact) mass is 438 g/mol. The van der Waals surface area contributed by atoms with Crippen molar-refractivity contribution in [2.45, 2.75) is 5.92 Å². The van der Waals surface area contributed by atoms with Gasteiger partial charge in [-0.05, 0) is 23.8 Å². The van der Waals surface area contributed by atoms with Gasteiger partial charge < -0.3 is 9.67 Å². The fourth-order valence-corrected chi connectivity index (χ4v) is 4.49. The molecule has 7 nitrogen and oxygen atoms in total. The van der Waals surface area contributed by atoms with Gasteiger partial charge in [0.2, 0.25) is 18.1 Å². The standard InChI is InChI=1S/C26H18N2O5/c29-24-18-11-4-5-12-19(18)25(30)26(31)23(24)21(15-28(32)33)20-14-27(16-8-2-1-3-9-16)22-13-7-6-10-17(20)22/h1-14,21,29H,15H2. The molecule has 0 bridgehead atoms. The molecule has 4 aromatic rings. The summed E-state index contributed by atoms with van der Waals surface area (Å²) in [7, 11) is 0. The summed E-state index contributed by atoms with van der Waals surface area (Å²) < 4.78 is 1.89. The summed E-state index contributed by atoms with van der Waals surface area (Å²) in [6, 6.07) is 23.1. The zero-order valence-electron chi connectivity index (χ0n) is 17.3. The van der Waals surface area contributed by atoms with E-state index in [0.717, 1.165) is 11.2 Å². The second-order valence-electron chi connectivity index (χ2n) is 7.84. The van der Waals surface area contributed by atoms with Crippen LogP contribution in [0, 0.1) is 10.1 Å². The van der Waals surface area contributed by atoms with Crippen LogP contribution in [-0.2, 0) is 4.79 Å². The molecule has 7 heteroatoms. The van der Waals surface area contributed by atoms with Gasteiger partial charge in [-0.3, -0.25) is 19.7 Å². The molecule has 0 radical (unpaired) electrons.